The van der Waals surface area contributed by atoms with Crippen LogP contribution in [0.25, 0.3) is 114 Å². The van der Waals surface area contributed by atoms with Crippen LogP contribution in [0.3, 0.4) is 0 Å². The zero-order valence-corrected chi connectivity index (χ0v) is 29.8. The van der Waals surface area contributed by atoms with Crippen LogP contribution in [0.5, 0.6) is 0 Å². The first-order chi connectivity index (χ1) is 26.8. The number of rotatable bonds is 3. The molecule has 0 atom stereocenters. The number of benzene rings is 9. The molecule has 12 rings (SSSR count). The van der Waals surface area contributed by atoms with Crippen LogP contribution in [0, 0.1) is 0 Å². The van der Waals surface area contributed by atoms with Crippen LogP contribution in [-0.4, -0.2) is 14.5 Å². The van der Waals surface area contributed by atoms with Gasteiger partial charge in [-0.2, -0.15) is 0 Å². The second kappa shape index (κ2) is 11.3. The van der Waals surface area contributed by atoms with Crippen molar-refractivity contribution in [3.8, 4) is 28.3 Å². The molecule has 0 saturated carbocycles. The summed E-state index contributed by atoms with van der Waals surface area (Å²) in [5.41, 5.74) is 7.47. The lowest BCUT2D eigenvalue weighted by atomic mass is 9.99. The average molecular weight is 704 g/mol. The first-order valence-corrected chi connectivity index (χ1v) is 19.1. The maximum Gasteiger partial charge on any atom is 0.161 e. The Morgan fingerprint density at radius 1 is 0.426 bits per heavy atom. The Kier molecular flexibility index (Phi) is 6.21. The Hall–Kier alpha value is -6.88. The number of para-hydroxylation sites is 2. The van der Waals surface area contributed by atoms with Crippen molar-refractivity contribution in [1.82, 2.24) is 14.5 Å². The molecule has 0 radical (unpaired) electrons. The first kappa shape index (κ1) is 29.7. The van der Waals surface area contributed by atoms with E-state index in [9.17, 15) is 0 Å². The molecule has 4 heteroatoms. The van der Waals surface area contributed by atoms with Crippen molar-refractivity contribution < 1.29 is 0 Å². The van der Waals surface area contributed by atoms with Crippen molar-refractivity contribution in [2.75, 3.05) is 0 Å². The summed E-state index contributed by atoms with van der Waals surface area (Å²) in [7, 11) is 0. The van der Waals surface area contributed by atoms with Gasteiger partial charge in [0.15, 0.2) is 5.82 Å². The molecule has 0 unspecified atom stereocenters. The Bertz CT molecular complexity index is 3520. The van der Waals surface area contributed by atoms with E-state index in [1.165, 1.54) is 74.3 Å². The molecule has 0 aliphatic carbocycles. The number of fused-ring (bicyclic) bond motifs is 12. The SMILES string of the molecule is c1ccc2cc(-c3nc(-c4cc(-n5c6ccccc6c6ccc7c8ccccc8ccc7c65)cc5c4sc4ccccc45)nc4ccccc34)ccc2c1. The molecule has 250 valence electrons. The van der Waals surface area contributed by atoms with E-state index < -0.39 is 0 Å². The van der Waals surface area contributed by atoms with E-state index in [4.69, 9.17) is 9.97 Å². The van der Waals surface area contributed by atoms with Crippen LogP contribution < -0.4 is 0 Å². The van der Waals surface area contributed by atoms with E-state index in [-0.39, 0.29) is 0 Å². The van der Waals surface area contributed by atoms with Gasteiger partial charge in [0.05, 0.1) is 22.2 Å². The lowest BCUT2D eigenvalue weighted by molar-refractivity contribution is 1.18. The zero-order chi connectivity index (χ0) is 35.3. The molecule has 0 amide bonds. The van der Waals surface area contributed by atoms with Crippen molar-refractivity contribution in [2.45, 2.75) is 0 Å². The van der Waals surface area contributed by atoms with E-state index in [0.29, 0.717) is 0 Å². The lowest BCUT2D eigenvalue weighted by Gasteiger charge is -2.15. The number of nitrogens with zero attached hydrogens (tertiary/aromatic N) is 3. The van der Waals surface area contributed by atoms with Crippen molar-refractivity contribution in [3.05, 3.63) is 176 Å². The number of thiophene rings is 1. The minimum atomic E-state index is 0.729. The van der Waals surface area contributed by atoms with Gasteiger partial charge in [-0.15, -0.1) is 11.3 Å². The molecule has 3 heterocycles. The number of hydrogen-bond acceptors (Lipinski definition) is 3. The van der Waals surface area contributed by atoms with E-state index in [0.717, 1.165) is 39.2 Å². The van der Waals surface area contributed by atoms with Crippen LogP contribution >= 0.6 is 11.3 Å². The Morgan fingerprint density at radius 2 is 1.09 bits per heavy atom. The van der Waals surface area contributed by atoms with Gasteiger partial charge in [0, 0.05) is 58.5 Å². The van der Waals surface area contributed by atoms with Crippen molar-refractivity contribution in [3.63, 3.8) is 0 Å². The minimum Gasteiger partial charge on any atom is -0.309 e. The van der Waals surface area contributed by atoms with Crippen LogP contribution in [0.1, 0.15) is 0 Å². The summed E-state index contributed by atoms with van der Waals surface area (Å²) >= 11 is 1.82. The number of hydrogen-bond donors (Lipinski definition) is 0. The second-order valence-corrected chi connectivity index (χ2v) is 15.2. The van der Waals surface area contributed by atoms with Crippen molar-refractivity contribution in [2.24, 2.45) is 0 Å². The standard InChI is InChI=1S/C50H29N3S/c1-2-13-32-27-33(22-21-30(32)11-1)47-41-17-5-8-18-44(41)51-50(52-47)43-29-34(28-42-38-16-7-10-20-46(38)54-49(42)43)53-45-19-9-6-15-37(45)40-26-25-36-35-14-4-3-12-31(35)23-24-39(36)48(40)53/h1-29H. The van der Waals surface area contributed by atoms with E-state index in [1.54, 1.807) is 0 Å². The molecule has 0 spiro atoms. The fourth-order valence-corrected chi connectivity index (χ4v) is 9.87. The lowest BCUT2D eigenvalue weighted by Crippen LogP contribution is -1.99. The molecular formula is C50H29N3S. The molecule has 3 nitrogen and oxygen atoms in total. The van der Waals surface area contributed by atoms with Gasteiger partial charge in [-0.3, -0.25) is 0 Å². The Balaban J connectivity index is 1.21. The molecule has 9 aromatic carbocycles. The second-order valence-electron chi connectivity index (χ2n) is 14.1. The summed E-state index contributed by atoms with van der Waals surface area (Å²) in [5, 5.41) is 13.4. The van der Waals surface area contributed by atoms with Gasteiger partial charge in [-0.25, -0.2) is 9.97 Å². The highest BCUT2D eigenvalue weighted by Crippen LogP contribution is 2.45. The highest BCUT2D eigenvalue weighted by molar-refractivity contribution is 7.26. The van der Waals surface area contributed by atoms with E-state index in [2.05, 4.69) is 180 Å². The molecule has 0 bridgehead atoms. The van der Waals surface area contributed by atoms with Gasteiger partial charge in [0.25, 0.3) is 0 Å². The summed E-state index contributed by atoms with van der Waals surface area (Å²) in [4.78, 5) is 10.8. The molecule has 54 heavy (non-hydrogen) atoms. The summed E-state index contributed by atoms with van der Waals surface area (Å²) in [6.07, 6.45) is 0. The largest absolute Gasteiger partial charge is 0.309 e. The Labute approximate surface area is 314 Å². The van der Waals surface area contributed by atoms with Crippen molar-refractivity contribution >= 4 is 96.5 Å². The van der Waals surface area contributed by atoms with Gasteiger partial charge >= 0.3 is 0 Å². The van der Waals surface area contributed by atoms with Gasteiger partial charge in [-0.05, 0) is 63.3 Å². The van der Waals surface area contributed by atoms with Crippen LogP contribution in [0.4, 0.5) is 0 Å². The monoisotopic (exact) mass is 703 g/mol. The summed E-state index contributed by atoms with van der Waals surface area (Å²) in [5.74, 6) is 0.729. The third-order valence-electron chi connectivity index (χ3n) is 11.1. The molecule has 0 fully saturated rings. The maximum atomic E-state index is 5.49. The highest BCUT2D eigenvalue weighted by Gasteiger charge is 2.21. The summed E-state index contributed by atoms with van der Waals surface area (Å²) < 4.78 is 4.92. The fraction of sp³-hybridized carbons (Fsp3) is 0. The summed E-state index contributed by atoms with van der Waals surface area (Å²) in [6.45, 7) is 0. The zero-order valence-electron chi connectivity index (χ0n) is 29.0. The normalized spacial score (nSPS) is 12.1. The van der Waals surface area contributed by atoms with Crippen LogP contribution in [-0.2, 0) is 0 Å². The topological polar surface area (TPSA) is 30.7 Å². The molecule has 3 aromatic heterocycles. The quantitative estimate of drug-likeness (QED) is 0.172. The predicted octanol–water partition coefficient (Wildman–Crippen LogP) is 13.9. The van der Waals surface area contributed by atoms with Crippen molar-refractivity contribution in [1.29, 1.82) is 0 Å². The van der Waals surface area contributed by atoms with Gasteiger partial charge in [0.1, 0.15) is 0 Å². The molecule has 0 N–H and O–H groups in total. The smallest absolute Gasteiger partial charge is 0.161 e. The van der Waals surface area contributed by atoms with Crippen LogP contribution in [0.2, 0.25) is 0 Å². The Morgan fingerprint density at radius 3 is 2.00 bits per heavy atom. The first-order valence-electron chi connectivity index (χ1n) is 18.3. The molecular weight excluding hydrogens is 675 g/mol. The molecule has 12 aromatic rings. The molecule has 0 aliphatic rings. The number of aromatic nitrogens is 3. The van der Waals surface area contributed by atoms with Gasteiger partial charge < -0.3 is 4.57 Å². The molecule has 0 aliphatic heterocycles. The maximum absolute atomic E-state index is 5.49. The average Bonchev–Trinajstić information content (AvgIpc) is 3.79. The van der Waals surface area contributed by atoms with Gasteiger partial charge in [0.2, 0.25) is 0 Å². The van der Waals surface area contributed by atoms with E-state index in [1.807, 2.05) is 11.3 Å². The fourth-order valence-electron chi connectivity index (χ4n) is 8.68. The third kappa shape index (κ3) is 4.29. The van der Waals surface area contributed by atoms with E-state index >= 15 is 0 Å². The summed E-state index contributed by atoms with van der Waals surface area (Å²) in [6, 6.07) is 63.7. The predicted molar refractivity (Wildman–Crippen MR) is 230 cm³/mol. The highest BCUT2D eigenvalue weighted by atomic mass is 32.1. The van der Waals surface area contributed by atoms with Gasteiger partial charge in [-0.1, -0.05) is 140 Å². The third-order valence-corrected chi connectivity index (χ3v) is 12.4. The van der Waals surface area contributed by atoms with Crippen LogP contribution in [0.15, 0.2) is 176 Å². The molecule has 0 saturated heterocycles. The minimum absolute atomic E-state index is 0.729.